The summed E-state index contributed by atoms with van der Waals surface area (Å²) in [5.74, 6) is 1.62. The van der Waals surface area contributed by atoms with Crippen LogP contribution in [0.1, 0.15) is 37.3 Å². The van der Waals surface area contributed by atoms with Gasteiger partial charge in [-0.15, -0.1) is 0 Å². The Morgan fingerprint density at radius 3 is 2.41 bits per heavy atom. The number of ether oxygens (including phenoxy) is 2. The first-order chi connectivity index (χ1) is 15.5. The van der Waals surface area contributed by atoms with Crippen LogP contribution in [-0.4, -0.2) is 56.1 Å². The minimum Gasteiger partial charge on any atom is -0.493 e. The second kappa shape index (κ2) is 9.92. The van der Waals surface area contributed by atoms with E-state index in [1.54, 1.807) is 14.2 Å². The maximum Gasteiger partial charge on any atom is 0.221 e. The van der Waals surface area contributed by atoms with Gasteiger partial charge in [0.05, 0.1) is 14.2 Å². The summed E-state index contributed by atoms with van der Waals surface area (Å²) < 4.78 is 11.1. The summed E-state index contributed by atoms with van der Waals surface area (Å²) in [6.07, 6.45) is 3.80. The number of hydrogen-bond acceptors (Lipinski definition) is 5. The van der Waals surface area contributed by atoms with Crippen molar-refractivity contribution < 1.29 is 14.3 Å². The van der Waals surface area contributed by atoms with E-state index in [9.17, 15) is 4.79 Å². The van der Waals surface area contributed by atoms with Gasteiger partial charge < -0.3 is 14.8 Å². The van der Waals surface area contributed by atoms with Gasteiger partial charge in [-0.25, -0.2) is 0 Å². The first-order valence-electron chi connectivity index (χ1n) is 11.5. The molecule has 0 aromatic heterocycles. The van der Waals surface area contributed by atoms with Crippen LogP contribution in [0.3, 0.4) is 0 Å². The van der Waals surface area contributed by atoms with E-state index in [1.807, 2.05) is 24.3 Å². The molecule has 6 heteroatoms. The number of amides is 1. The average Bonchev–Trinajstić information content (AvgIpc) is 3.15. The zero-order chi connectivity index (χ0) is 22.6. The summed E-state index contributed by atoms with van der Waals surface area (Å²) in [4.78, 5) is 16.4. The molecule has 0 bridgehead atoms. The van der Waals surface area contributed by atoms with E-state index in [0.717, 1.165) is 56.5 Å². The summed E-state index contributed by atoms with van der Waals surface area (Å²) in [5.41, 5.74) is 3.72. The number of piperidine rings is 1. The number of anilines is 1. The standard InChI is InChI=1S/C26H35N3O3/c1-20(30)27-23-10-8-21(9-11-23)16-29-15-13-26(19-29)12-5-14-28(18-26)17-22-6-4-7-24(31-2)25(22)32-3/h4,6-11H,5,12-19H2,1-3H3,(H,27,30). The van der Waals surface area contributed by atoms with Crippen LogP contribution in [0.4, 0.5) is 5.69 Å². The predicted molar refractivity (Wildman–Crippen MR) is 127 cm³/mol. The first-order valence-corrected chi connectivity index (χ1v) is 11.5. The molecule has 1 unspecified atom stereocenters. The molecule has 0 saturated carbocycles. The van der Waals surface area contributed by atoms with Crippen molar-refractivity contribution in [3.05, 3.63) is 53.6 Å². The first kappa shape index (κ1) is 22.6. The van der Waals surface area contributed by atoms with Crippen LogP contribution >= 0.6 is 0 Å². The number of carbonyl (C=O) groups excluding carboxylic acids is 1. The Hall–Kier alpha value is -2.57. The van der Waals surface area contributed by atoms with Crippen molar-refractivity contribution in [2.24, 2.45) is 5.41 Å². The van der Waals surface area contributed by atoms with Gasteiger partial charge in [0.1, 0.15) is 0 Å². The Bertz CT molecular complexity index is 930. The zero-order valence-corrected chi connectivity index (χ0v) is 19.5. The Balaban J connectivity index is 1.37. The van der Waals surface area contributed by atoms with Gasteiger partial charge in [-0.05, 0) is 61.5 Å². The lowest BCUT2D eigenvalue weighted by atomic mass is 9.79. The van der Waals surface area contributed by atoms with Crippen LogP contribution in [0.15, 0.2) is 42.5 Å². The van der Waals surface area contributed by atoms with Gasteiger partial charge in [-0.2, -0.15) is 0 Å². The quantitative estimate of drug-likeness (QED) is 0.705. The molecule has 2 aromatic rings. The molecular weight excluding hydrogens is 402 g/mol. The number of rotatable bonds is 7. The maximum absolute atomic E-state index is 11.2. The number of methoxy groups -OCH3 is 2. The predicted octanol–water partition coefficient (Wildman–Crippen LogP) is 4.15. The average molecular weight is 438 g/mol. The van der Waals surface area contributed by atoms with E-state index in [4.69, 9.17) is 9.47 Å². The molecule has 6 nitrogen and oxygen atoms in total. The van der Waals surface area contributed by atoms with Crippen LogP contribution < -0.4 is 14.8 Å². The molecule has 4 rings (SSSR count). The van der Waals surface area contributed by atoms with Gasteiger partial charge in [-0.1, -0.05) is 24.3 Å². The highest BCUT2D eigenvalue weighted by Gasteiger charge is 2.41. The van der Waals surface area contributed by atoms with Crippen molar-refractivity contribution in [1.29, 1.82) is 0 Å². The van der Waals surface area contributed by atoms with Crippen molar-refractivity contribution in [2.75, 3.05) is 45.7 Å². The van der Waals surface area contributed by atoms with Gasteiger partial charge in [0, 0.05) is 44.4 Å². The minimum atomic E-state index is -0.0346. The highest BCUT2D eigenvalue weighted by Crippen LogP contribution is 2.41. The maximum atomic E-state index is 11.2. The zero-order valence-electron chi connectivity index (χ0n) is 19.5. The molecule has 1 N–H and O–H groups in total. The number of nitrogens with one attached hydrogen (secondary N) is 1. The fourth-order valence-electron chi connectivity index (χ4n) is 5.41. The lowest BCUT2D eigenvalue weighted by molar-refractivity contribution is -0.114. The van der Waals surface area contributed by atoms with E-state index in [1.165, 1.54) is 37.3 Å². The molecule has 2 saturated heterocycles. The number of likely N-dealkylation sites (tertiary alicyclic amines) is 2. The Morgan fingerprint density at radius 1 is 0.969 bits per heavy atom. The van der Waals surface area contributed by atoms with Crippen LogP contribution in [0.2, 0.25) is 0 Å². The fraction of sp³-hybridized carbons (Fsp3) is 0.500. The van der Waals surface area contributed by atoms with E-state index < -0.39 is 0 Å². The Labute approximate surface area is 191 Å². The Morgan fingerprint density at radius 2 is 1.72 bits per heavy atom. The normalized spacial score (nSPS) is 21.6. The molecular formula is C26H35N3O3. The molecule has 1 amide bonds. The van der Waals surface area contributed by atoms with Crippen molar-refractivity contribution >= 4 is 11.6 Å². The highest BCUT2D eigenvalue weighted by atomic mass is 16.5. The smallest absolute Gasteiger partial charge is 0.221 e. The van der Waals surface area contributed by atoms with Crippen LogP contribution in [0, 0.1) is 5.41 Å². The largest absolute Gasteiger partial charge is 0.493 e. The van der Waals surface area contributed by atoms with Crippen molar-refractivity contribution in [3.63, 3.8) is 0 Å². The molecule has 1 atom stereocenters. The molecule has 2 aromatic carbocycles. The van der Waals surface area contributed by atoms with Crippen molar-refractivity contribution in [3.8, 4) is 11.5 Å². The van der Waals surface area contributed by atoms with Crippen LogP contribution in [-0.2, 0) is 17.9 Å². The third kappa shape index (κ3) is 5.25. The van der Waals surface area contributed by atoms with E-state index in [2.05, 4.69) is 33.3 Å². The van der Waals surface area contributed by atoms with Gasteiger partial charge in [0.2, 0.25) is 5.91 Å². The summed E-state index contributed by atoms with van der Waals surface area (Å²) in [7, 11) is 3.41. The summed E-state index contributed by atoms with van der Waals surface area (Å²) >= 11 is 0. The SMILES string of the molecule is COc1cccc(CN2CCCC3(CCN(Cc4ccc(NC(C)=O)cc4)C3)C2)c1OC. The second-order valence-corrected chi connectivity index (χ2v) is 9.31. The third-order valence-electron chi connectivity index (χ3n) is 6.82. The van der Waals surface area contributed by atoms with Crippen molar-refractivity contribution in [1.82, 2.24) is 9.80 Å². The monoisotopic (exact) mass is 437 g/mol. The fourth-order valence-corrected chi connectivity index (χ4v) is 5.41. The number of para-hydroxylation sites is 1. The number of hydrogen-bond donors (Lipinski definition) is 1. The molecule has 2 aliphatic heterocycles. The van der Waals surface area contributed by atoms with E-state index in [0.29, 0.717) is 5.41 Å². The molecule has 1 spiro atoms. The molecule has 32 heavy (non-hydrogen) atoms. The van der Waals surface area contributed by atoms with Gasteiger partial charge in [0.15, 0.2) is 11.5 Å². The molecule has 2 fully saturated rings. The third-order valence-corrected chi connectivity index (χ3v) is 6.82. The van der Waals surface area contributed by atoms with E-state index in [-0.39, 0.29) is 5.91 Å². The van der Waals surface area contributed by atoms with Crippen LogP contribution in [0.25, 0.3) is 0 Å². The topological polar surface area (TPSA) is 54.0 Å². The molecule has 0 radical (unpaired) electrons. The van der Waals surface area contributed by atoms with Gasteiger partial charge in [0.25, 0.3) is 0 Å². The van der Waals surface area contributed by atoms with Gasteiger partial charge in [-0.3, -0.25) is 14.6 Å². The number of nitrogens with zero attached hydrogens (tertiary/aromatic N) is 2. The lowest BCUT2D eigenvalue weighted by Gasteiger charge is -2.40. The minimum absolute atomic E-state index is 0.0346. The van der Waals surface area contributed by atoms with Crippen LogP contribution in [0.5, 0.6) is 11.5 Å². The summed E-state index contributed by atoms with van der Waals surface area (Å²) in [5, 5.41) is 2.84. The molecule has 2 heterocycles. The molecule has 2 aliphatic rings. The van der Waals surface area contributed by atoms with Crippen molar-refractivity contribution in [2.45, 2.75) is 39.3 Å². The highest BCUT2D eigenvalue weighted by molar-refractivity contribution is 5.88. The summed E-state index contributed by atoms with van der Waals surface area (Å²) in [6, 6.07) is 14.4. The number of carbonyl (C=O) groups is 1. The molecule has 0 aliphatic carbocycles. The molecule has 172 valence electrons. The number of benzene rings is 2. The lowest BCUT2D eigenvalue weighted by Crippen LogP contribution is -2.44. The summed E-state index contributed by atoms with van der Waals surface area (Å²) in [6.45, 7) is 7.95. The second-order valence-electron chi connectivity index (χ2n) is 9.31. The Kier molecular flexibility index (Phi) is 7.01. The van der Waals surface area contributed by atoms with E-state index >= 15 is 0 Å². The van der Waals surface area contributed by atoms with Gasteiger partial charge >= 0.3 is 0 Å².